The molecular formula is C3H7ClN4S. The molecule has 1 aromatic rings. The third kappa shape index (κ3) is 2.03. The molecule has 0 radical (unpaired) electrons. The van der Waals surface area contributed by atoms with Crippen molar-refractivity contribution in [2.75, 3.05) is 18.1 Å². The summed E-state index contributed by atoms with van der Waals surface area (Å²) in [6.07, 6.45) is 0. The maximum atomic E-state index is 5.26. The minimum Gasteiger partial charge on any atom is -0.374 e. The smallest absolute Gasteiger partial charge is 0.207 e. The Labute approximate surface area is 62.9 Å². The van der Waals surface area contributed by atoms with Gasteiger partial charge in [-0.15, -0.1) is 22.6 Å². The maximum Gasteiger partial charge on any atom is 0.207 e. The van der Waals surface area contributed by atoms with Gasteiger partial charge >= 0.3 is 0 Å². The van der Waals surface area contributed by atoms with Gasteiger partial charge in [-0.05, 0) is 0 Å². The van der Waals surface area contributed by atoms with E-state index in [1.165, 1.54) is 11.3 Å². The Morgan fingerprint density at radius 1 is 1.56 bits per heavy atom. The fourth-order valence-corrected chi connectivity index (χ4v) is 0.799. The topological polar surface area (TPSA) is 63.8 Å². The quantitative estimate of drug-likeness (QED) is 0.641. The van der Waals surface area contributed by atoms with Gasteiger partial charge < -0.3 is 11.1 Å². The molecule has 0 saturated heterocycles. The lowest BCUT2D eigenvalue weighted by atomic mass is 11.1. The van der Waals surface area contributed by atoms with Gasteiger partial charge in [0.2, 0.25) is 10.3 Å². The summed E-state index contributed by atoms with van der Waals surface area (Å²) in [7, 11) is 1.78. The largest absolute Gasteiger partial charge is 0.374 e. The number of hydrogen-bond acceptors (Lipinski definition) is 5. The number of halogens is 1. The van der Waals surface area contributed by atoms with Gasteiger partial charge in [0.1, 0.15) is 0 Å². The summed E-state index contributed by atoms with van der Waals surface area (Å²) in [6.45, 7) is 0. The Balaban J connectivity index is 0.000000640. The third-order valence-electron chi connectivity index (χ3n) is 0.654. The molecular weight excluding hydrogens is 160 g/mol. The summed E-state index contributed by atoms with van der Waals surface area (Å²) >= 11 is 1.33. The molecule has 6 heteroatoms. The molecule has 0 amide bonds. The van der Waals surface area contributed by atoms with Crippen LogP contribution in [0, 0.1) is 0 Å². The summed E-state index contributed by atoms with van der Waals surface area (Å²) in [5.74, 6) is 0. The predicted octanol–water partition coefficient (Wildman–Crippen LogP) is 0.584. The molecule has 1 rings (SSSR count). The Bertz CT molecular complexity index is 176. The summed E-state index contributed by atoms with van der Waals surface area (Å²) in [6, 6.07) is 0. The number of aromatic nitrogens is 2. The number of rotatable bonds is 1. The van der Waals surface area contributed by atoms with Crippen LogP contribution in [0.4, 0.5) is 10.3 Å². The Hall–Kier alpha value is -0.550. The lowest BCUT2D eigenvalue weighted by molar-refractivity contribution is 1.10. The zero-order valence-corrected chi connectivity index (χ0v) is 6.42. The van der Waals surface area contributed by atoms with Gasteiger partial charge in [-0.1, -0.05) is 11.3 Å². The average molecular weight is 167 g/mol. The van der Waals surface area contributed by atoms with Gasteiger partial charge in [-0.25, -0.2) is 0 Å². The van der Waals surface area contributed by atoms with Crippen molar-refractivity contribution in [3.63, 3.8) is 0 Å². The molecule has 0 aromatic carbocycles. The van der Waals surface area contributed by atoms with Crippen LogP contribution >= 0.6 is 23.7 Å². The van der Waals surface area contributed by atoms with Gasteiger partial charge in [0, 0.05) is 7.05 Å². The number of nitrogens with zero attached hydrogens (tertiary/aromatic N) is 2. The van der Waals surface area contributed by atoms with Crippen LogP contribution in [0.2, 0.25) is 0 Å². The summed E-state index contributed by atoms with van der Waals surface area (Å²) in [5, 5.41) is 11.3. The Morgan fingerprint density at radius 2 is 2.22 bits per heavy atom. The Morgan fingerprint density at radius 3 is 2.44 bits per heavy atom. The first-order valence-corrected chi connectivity index (χ1v) is 2.91. The fraction of sp³-hybridized carbons (Fsp3) is 0.333. The number of hydrogen-bond donors (Lipinski definition) is 2. The van der Waals surface area contributed by atoms with E-state index < -0.39 is 0 Å². The van der Waals surface area contributed by atoms with Crippen molar-refractivity contribution in [1.29, 1.82) is 0 Å². The number of anilines is 2. The van der Waals surface area contributed by atoms with Crippen LogP contribution < -0.4 is 11.1 Å². The van der Waals surface area contributed by atoms with Crippen molar-refractivity contribution >= 4 is 34.0 Å². The maximum absolute atomic E-state index is 5.26. The van der Waals surface area contributed by atoms with Crippen LogP contribution in [0.25, 0.3) is 0 Å². The molecule has 0 spiro atoms. The van der Waals surface area contributed by atoms with Crippen molar-refractivity contribution < 1.29 is 0 Å². The molecule has 52 valence electrons. The van der Waals surface area contributed by atoms with E-state index in [4.69, 9.17) is 5.73 Å². The van der Waals surface area contributed by atoms with Crippen LogP contribution in [0.5, 0.6) is 0 Å². The molecule has 3 N–H and O–H groups in total. The Kier molecular flexibility index (Phi) is 3.26. The molecule has 0 aliphatic carbocycles. The number of nitrogen functional groups attached to an aromatic ring is 1. The highest BCUT2D eigenvalue weighted by molar-refractivity contribution is 7.18. The molecule has 9 heavy (non-hydrogen) atoms. The molecule has 0 unspecified atom stereocenters. The van der Waals surface area contributed by atoms with Crippen molar-refractivity contribution in [1.82, 2.24) is 10.2 Å². The zero-order valence-electron chi connectivity index (χ0n) is 4.79. The second-order valence-corrected chi connectivity index (χ2v) is 2.20. The minimum absolute atomic E-state index is 0. The zero-order chi connectivity index (χ0) is 5.98. The van der Waals surface area contributed by atoms with Gasteiger partial charge in [0.25, 0.3) is 0 Å². The van der Waals surface area contributed by atoms with E-state index >= 15 is 0 Å². The monoisotopic (exact) mass is 166 g/mol. The lowest BCUT2D eigenvalue weighted by Gasteiger charge is -1.82. The van der Waals surface area contributed by atoms with Gasteiger partial charge in [-0.2, -0.15) is 0 Å². The van der Waals surface area contributed by atoms with E-state index in [-0.39, 0.29) is 12.4 Å². The standard InChI is InChI=1S/C3H6N4S.ClH/c1-5-3-7-6-2(4)8-3;/h1H3,(H2,4,6)(H,5,7);1H. The summed E-state index contributed by atoms with van der Waals surface area (Å²) in [5.41, 5.74) is 5.26. The third-order valence-corrected chi connectivity index (χ3v) is 1.42. The van der Waals surface area contributed by atoms with Crippen LogP contribution in [-0.2, 0) is 0 Å². The SMILES string of the molecule is CNc1nnc(N)s1.Cl. The first-order valence-electron chi connectivity index (χ1n) is 2.09. The average Bonchev–Trinajstić information content (AvgIpc) is 2.14. The van der Waals surface area contributed by atoms with Crippen molar-refractivity contribution in [3.05, 3.63) is 0 Å². The lowest BCUT2D eigenvalue weighted by Crippen LogP contribution is -1.84. The van der Waals surface area contributed by atoms with Crippen molar-refractivity contribution in [3.8, 4) is 0 Å². The van der Waals surface area contributed by atoms with Crippen molar-refractivity contribution in [2.45, 2.75) is 0 Å². The van der Waals surface area contributed by atoms with Crippen molar-refractivity contribution in [2.24, 2.45) is 0 Å². The first-order chi connectivity index (χ1) is 3.83. The van der Waals surface area contributed by atoms with E-state index in [1.54, 1.807) is 7.05 Å². The van der Waals surface area contributed by atoms with E-state index in [0.29, 0.717) is 5.13 Å². The molecule has 0 fully saturated rings. The molecule has 0 saturated carbocycles. The van der Waals surface area contributed by atoms with E-state index in [1.807, 2.05) is 0 Å². The highest BCUT2D eigenvalue weighted by atomic mass is 35.5. The van der Waals surface area contributed by atoms with Crippen LogP contribution in [0.15, 0.2) is 0 Å². The molecule has 0 aliphatic heterocycles. The van der Waals surface area contributed by atoms with E-state index in [0.717, 1.165) is 5.13 Å². The summed E-state index contributed by atoms with van der Waals surface area (Å²) < 4.78 is 0. The number of nitrogens with one attached hydrogen (secondary N) is 1. The molecule has 1 heterocycles. The normalized spacial score (nSPS) is 8.11. The number of nitrogens with two attached hydrogens (primary N) is 1. The molecule has 1 aromatic heterocycles. The summed E-state index contributed by atoms with van der Waals surface area (Å²) in [4.78, 5) is 0. The molecule has 0 atom stereocenters. The second-order valence-electron chi connectivity index (χ2n) is 1.20. The minimum atomic E-state index is 0. The van der Waals surface area contributed by atoms with E-state index in [2.05, 4.69) is 15.5 Å². The fourth-order valence-electron chi connectivity index (χ4n) is 0.336. The first kappa shape index (κ1) is 8.45. The van der Waals surface area contributed by atoms with Crippen LogP contribution in [-0.4, -0.2) is 17.2 Å². The highest BCUT2D eigenvalue weighted by Gasteiger charge is 1.93. The molecule has 0 aliphatic rings. The van der Waals surface area contributed by atoms with Gasteiger partial charge in [-0.3, -0.25) is 0 Å². The molecule has 4 nitrogen and oxygen atoms in total. The predicted molar refractivity (Wildman–Crippen MR) is 41.1 cm³/mol. The van der Waals surface area contributed by atoms with Crippen LogP contribution in [0.3, 0.4) is 0 Å². The van der Waals surface area contributed by atoms with Gasteiger partial charge in [0.05, 0.1) is 0 Å². The highest BCUT2D eigenvalue weighted by Crippen LogP contribution is 2.14. The van der Waals surface area contributed by atoms with Gasteiger partial charge in [0.15, 0.2) is 0 Å². The van der Waals surface area contributed by atoms with E-state index in [9.17, 15) is 0 Å². The van der Waals surface area contributed by atoms with Crippen LogP contribution in [0.1, 0.15) is 0 Å². The second kappa shape index (κ2) is 3.47. The molecule has 0 bridgehead atoms.